The van der Waals surface area contributed by atoms with Gasteiger partial charge in [-0.05, 0) is 37.5 Å². The van der Waals surface area contributed by atoms with Gasteiger partial charge < -0.3 is 10.4 Å². The molecule has 1 aromatic rings. The van der Waals surface area contributed by atoms with Gasteiger partial charge in [-0.25, -0.2) is 8.78 Å². The Morgan fingerprint density at radius 3 is 2.81 bits per heavy atom. The van der Waals surface area contributed by atoms with Crippen molar-refractivity contribution in [3.8, 4) is 0 Å². The van der Waals surface area contributed by atoms with E-state index in [0.717, 1.165) is 31.4 Å². The second-order valence-corrected chi connectivity index (χ2v) is 4.22. The molecule has 0 heterocycles. The minimum absolute atomic E-state index is 0.00247. The van der Waals surface area contributed by atoms with E-state index in [4.69, 9.17) is 0 Å². The van der Waals surface area contributed by atoms with Crippen molar-refractivity contribution in [2.24, 2.45) is 0 Å². The third kappa shape index (κ3) is 2.57. The smallest absolute Gasteiger partial charge is 0.127 e. The first-order valence-corrected chi connectivity index (χ1v) is 5.52. The zero-order chi connectivity index (χ0) is 11.5. The summed E-state index contributed by atoms with van der Waals surface area (Å²) in [6.45, 7) is 0.255. The van der Waals surface area contributed by atoms with Gasteiger partial charge in [0.15, 0.2) is 0 Å². The van der Waals surface area contributed by atoms with Crippen molar-refractivity contribution in [1.82, 2.24) is 5.32 Å². The molecule has 0 radical (unpaired) electrons. The fourth-order valence-electron chi connectivity index (χ4n) is 2.10. The minimum atomic E-state index is -0.440. The van der Waals surface area contributed by atoms with Crippen LogP contribution in [0.1, 0.15) is 24.8 Å². The number of rotatable bonds is 3. The Kier molecular flexibility index (Phi) is 3.51. The molecule has 0 bridgehead atoms. The van der Waals surface area contributed by atoms with Crippen LogP contribution in [0.4, 0.5) is 8.78 Å². The summed E-state index contributed by atoms with van der Waals surface area (Å²) in [5, 5.41) is 12.6. The third-order valence-electron chi connectivity index (χ3n) is 3.04. The van der Waals surface area contributed by atoms with Gasteiger partial charge in [-0.2, -0.15) is 0 Å². The molecule has 2 N–H and O–H groups in total. The number of aliphatic hydroxyl groups is 1. The van der Waals surface area contributed by atoms with Gasteiger partial charge in [0.2, 0.25) is 0 Å². The molecular formula is C12H15F2NO. The largest absolute Gasteiger partial charge is 0.392 e. The van der Waals surface area contributed by atoms with Crippen LogP contribution in [0.25, 0.3) is 0 Å². The first-order valence-electron chi connectivity index (χ1n) is 5.52. The molecule has 1 saturated carbocycles. The molecule has 16 heavy (non-hydrogen) atoms. The summed E-state index contributed by atoms with van der Waals surface area (Å²) in [6, 6.07) is 3.41. The summed E-state index contributed by atoms with van der Waals surface area (Å²) in [5.41, 5.74) is 0.305. The van der Waals surface area contributed by atoms with Crippen LogP contribution in [-0.2, 0) is 6.54 Å². The fourth-order valence-corrected chi connectivity index (χ4v) is 2.10. The predicted octanol–water partition coefficient (Wildman–Crippen LogP) is 1.97. The topological polar surface area (TPSA) is 32.3 Å². The zero-order valence-electron chi connectivity index (χ0n) is 8.92. The number of nitrogens with one attached hydrogen (secondary N) is 1. The van der Waals surface area contributed by atoms with Crippen molar-refractivity contribution >= 4 is 0 Å². The normalized spacial score (nSPS) is 24.9. The lowest BCUT2D eigenvalue weighted by Gasteiger charge is -2.16. The summed E-state index contributed by atoms with van der Waals surface area (Å²) in [6.07, 6.45) is 2.28. The standard InChI is InChI=1S/C12H15F2NO/c13-9-4-5-10(14)8(6-9)7-15-11-2-1-3-12(11)16/h4-6,11-12,15-16H,1-3,7H2. The highest BCUT2D eigenvalue weighted by atomic mass is 19.1. The molecule has 1 aromatic carbocycles. The van der Waals surface area contributed by atoms with Gasteiger partial charge in [0.1, 0.15) is 11.6 Å². The molecule has 2 nitrogen and oxygen atoms in total. The Morgan fingerprint density at radius 1 is 1.31 bits per heavy atom. The number of hydrogen-bond donors (Lipinski definition) is 2. The summed E-state index contributed by atoms with van der Waals surface area (Å²) in [7, 11) is 0. The van der Waals surface area contributed by atoms with E-state index < -0.39 is 11.6 Å². The molecule has 1 aliphatic carbocycles. The van der Waals surface area contributed by atoms with Gasteiger partial charge >= 0.3 is 0 Å². The molecule has 2 rings (SSSR count). The van der Waals surface area contributed by atoms with Crippen LogP contribution >= 0.6 is 0 Å². The van der Waals surface area contributed by atoms with Crippen molar-refractivity contribution in [3.63, 3.8) is 0 Å². The van der Waals surface area contributed by atoms with Crippen molar-refractivity contribution in [1.29, 1.82) is 0 Å². The van der Waals surface area contributed by atoms with Gasteiger partial charge in [0.05, 0.1) is 6.10 Å². The fraction of sp³-hybridized carbons (Fsp3) is 0.500. The SMILES string of the molecule is OC1CCCC1NCc1cc(F)ccc1F. The van der Waals surface area contributed by atoms with Crippen molar-refractivity contribution < 1.29 is 13.9 Å². The number of hydrogen-bond acceptors (Lipinski definition) is 2. The molecule has 0 aliphatic heterocycles. The van der Waals surface area contributed by atoms with E-state index in [1.807, 2.05) is 0 Å². The van der Waals surface area contributed by atoms with Gasteiger partial charge in [-0.15, -0.1) is 0 Å². The van der Waals surface area contributed by atoms with Crippen LogP contribution in [0.15, 0.2) is 18.2 Å². The molecule has 2 atom stereocenters. The Bertz CT molecular complexity index is 370. The maximum Gasteiger partial charge on any atom is 0.127 e. The van der Waals surface area contributed by atoms with Crippen LogP contribution in [-0.4, -0.2) is 17.3 Å². The molecular weight excluding hydrogens is 212 g/mol. The van der Waals surface area contributed by atoms with Gasteiger partial charge in [0.25, 0.3) is 0 Å². The van der Waals surface area contributed by atoms with Crippen LogP contribution in [0, 0.1) is 11.6 Å². The average molecular weight is 227 g/mol. The van der Waals surface area contributed by atoms with Crippen molar-refractivity contribution in [2.45, 2.75) is 38.0 Å². The van der Waals surface area contributed by atoms with E-state index in [2.05, 4.69) is 5.32 Å². The Morgan fingerprint density at radius 2 is 2.12 bits per heavy atom. The van der Waals surface area contributed by atoms with E-state index in [0.29, 0.717) is 5.56 Å². The van der Waals surface area contributed by atoms with Crippen molar-refractivity contribution in [2.75, 3.05) is 0 Å². The lowest BCUT2D eigenvalue weighted by molar-refractivity contribution is 0.148. The third-order valence-corrected chi connectivity index (χ3v) is 3.04. The maximum absolute atomic E-state index is 13.3. The summed E-state index contributed by atoms with van der Waals surface area (Å²) in [5.74, 6) is -0.855. The molecule has 0 aromatic heterocycles. The quantitative estimate of drug-likeness (QED) is 0.827. The zero-order valence-corrected chi connectivity index (χ0v) is 8.92. The average Bonchev–Trinajstić information content (AvgIpc) is 2.66. The van der Waals surface area contributed by atoms with Crippen LogP contribution in [0.5, 0.6) is 0 Å². The lowest BCUT2D eigenvalue weighted by atomic mass is 10.1. The highest BCUT2D eigenvalue weighted by Crippen LogP contribution is 2.19. The van der Waals surface area contributed by atoms with E-state index >= 15 is 0 Å². The lowest BCUT2D eigenvalue weighted by Crippen LogP contribution is -2.35. The van der Waals surface area contributed by atoms with Gasteiger partial charge in [0, 0.05) is 18.2 Å². The predicted molar refractivity (Wildman–Crippen MR) is 56.8 cm³/mol. The monoisotopic (exact) mass is 227 g/mol. The summed E-state index contributed by atoms with van der Waals surface area (Å²) < 4.78 is 26.2. The minimum Gasteiger partial charge on any atom is -0.392 e. The van der Waals surface area contributed by atoms with E-state index in [1.54, 1.807) is 0 Å². The van der Waals surface area contributed by atoms with Gasteiger partial charge in [-0.3, -0.25) is 0 Å². The van der Waals surface area contributed by atoms with Crippen LogP contribution < -0.4 is 5.32 Å². The number of aliphatic hydroxyl groups excluding tert-OH is 1. The van der Waals surface area contributed by atoms with E-state index in [9.17, 15) is 13.9 Å². The Hall–Kier alpha value is -1.00. The molecule has 0 spiro atoms. The molecule has 0 saturated heterocycles. The number of benzene rings is 1. The molecule has 1 aliphatic rings. The molecule has 4 heteroatoms. The van der Waals surface area contributed by atoms with Crippen LogP contribution in [0.3, 0.4) is 0 Å². The first kappa shape index (κ1) is 11.5. The second kappa shape index (κ2) is 4.89. The molecule has 0 amide bonds. The van der Waals surface area contributed by atoms with Crippen molar-refractivity contribution in [3.05, 3.63) is 35.4 Å². The molecule has 2 unspecified atom stereocenters. The maximum atomic E-state index is 13.3. The van der Waals surface area contributed by atoms with Crippen LogP contribution in [0.2, 0.25) is 0 Å². The highest BCUT2D eigenvalue weighted by molar-refractivity contribution is 5.18. The summed E-state index contributed by atoms with van der Waals surface area (Å²) in [4.78, 5) is 0. The Balaban J connectivity index is 1.96. The summed E-state index contributed by atoms with van der Waals surface area (Å²) >= 11 is 0. The molecule has 1 fully saturated rings. The van der Waals surface area contributed by atoms with E-state index in [1.165, 1.54) is 6.07 Å². The second-order valence-electron chi connectivity index (χ2n) is 4.22. The first-order chi connectivity index (χ1) is 7.66. The highest BCUT2D eigenvalue weighted by Gasteiger charge is 2.24. The number of halogens is 2. The van der Waals surface area contributed by atoms with E-state index in [-0.39, 0.29) is 18.7 Å². The van der Waals surface area contributed by atoms with Gasteiger partial charge in [-0.1, -0.05) is 0 Å². The Labute approximate surface area is 93.3 Å². The molecule has 88 valence electrons.